The first-order chi connectivity index (χ1) is 15.8. The van der Waals surface area contributed by atoms with E-state index in [9.17, 15) is 0 Å². The van der Waals surface area contributed by atoms with Gasteiger partial charge < -0.3 is 25.1 Å². The van der Waals surface area contributed by atoms with Gasteiger partial charge in [-0.15, -0.1) is 0 Å². The van der Waals surface area contributed by atoms with Crippen LogP contribution in [0.25, 0.3) is 11.0 Å². The number of nitrogens with zero attached hydrogens (tertiary/aromatic N) is 2. The number of para-hydroxylation sites is 3. The Kier molecular flexibility index (Phi) is 7.48. The van der Waals surface area contributed by atoms with Crippen molar-refractivity contribution in [2.24, 2.45) is 4.99 Å². The highest BCUT2D eigenvalue weighted by Crippen LogP contribution is 2.34. The molecular weight excluding hydrogens is 402 g/mol. The molecule has 4 rings (SSSR count). The zero-order chi connectivity index (χ0) is 22.2. The number of nitrogens with one attached hydrogen (secondary N) is 3. The zero-order valence-corrected chi connectivity index (χ0v) is 19.0. The Morgan fingerprint density at radius 2 is 1.97 bits per heavy atom. The smallest absolute Gasteiger partial charge is 0.191 e. The maximum absolute atomic E-state index is 6.33. The van der Waals surface area contributed by atoms with Crippen LogP contribution < -0.4 is 20.1 Å². The summed E-state index contributed by atoms with van der Waals surface area (Å²) in [5.74, 6) is 3.41. The number of ether oxygens (including phenoxy) is 2. The van der Waals surface area contributed by atoms with E-state index in [-0.39, 0.29) is 6.10 Å². The number of rotatable bonds is 9. The van der Waals surface area contributed by atoms with Gasteiger partial charge in [0.15, 0.2) is 17.5 Å². The van der Waals surface area contributed by atoms with Gasteiger partial charge in [-0.25, -0.2) is 4.98 Å². The molecule has 3 aromatic rings. The Bertz CT molecular complexity index is 1010. The van der Waals surface area contributed by atoms with Gasteiger partial charge in [0.05, 0.1) is 24.2 Å². The van der Waals surface area contributed by atoms with Crippen molar-refractivity contribution in [1.29, 1.82) is 0 Å². The summed E-state index contributed by atoms with van der Waals surface area (Å²) in [6.07, 6.45) is 6.80. The summed E-state index contributed by atoms with van der Waals surface area (Å²) in [7, 11) is 3.48. The molecule has 1 aromatic heterocycles. The van der Waals surface area contributed by atoms with Crippen LogP contribution >= 0.6 is 0 Å². The highest BCUT2D eigenvalue weighted by molar-refractivity contribution is 5.79. The number of imidazole rings is 1. The van der Waals surface area contributed by atoms with Gasteiger partial charge in [0.1, 0.15) is 5.82 Å². The number of aromatic nitrogens is 2. The fourth-order valence-corrected chi connectivity index (χ4v) is 4.15. The third kappa shape index (κ3) is 5.52. The summed E-state index contributed by atoms with van der Waals surface area (Å²) in [5, 5.41) is 6.79. The molecule has 3 N–H and O–H groups in total. The normalized spacial score (nSPS) is 14.6. The van der Waals surface area contributed by atoms with Crippen LogP contribution in [0.2, 0.25) is 0 Å². The molecule has 7 heteroatoms. The average molecular weight is 436 g/mol. The second-order valence-electron chi connectivity index (χ2n) is 8.13. The number of aliphatic imine (C=N–C) groups is 1. The van der Waals surface area contributed by atoms with E-state index in [2.05, 4.69) is 37.7 Å². The standard InChI is InChI=1S/C25H33N5O2/c1-26-25(27-16-8-15-23-29-20-12-5-6-13-21(20)30-23)28-17-18-9-7-14-22(31-2)24(18)32-19-10-3-4-11-19/h5-7,9,12-14,19H,3-4,8,10-11,15-17H2,1-2H3,(H,29,30)(H2,26,27,28). The van der Waals surface area contributed by atoms with Gasteiger partial charge in [-0.1, -0.05) is 24.3 Å². The topological polar surface area (TPSA) is 83.6 Å². The SMILES string of the molecule is CN=C(NCCCc1nc2ccccc2[nH]1)NCc1cccc(OC)c1OC1CCCC1. The molecule has 0 bridgehead atoms. The van der Waals surface area contributed by atoms with Crippen molar-refractivity contribution in [3.05, 3.63) is 53.9 Å². The number of fused-ring (bicyclic) bond motifs is 1. The van der Waals surface area contributed by atoms with Crippen LogP contribution in [0, 0.1) is 0 Å². The van der Waals surface area contributed by atoms with Crippen molar-refractivity contribution in [2.75, 3.05) is 20.7 Å². The van der Waals surface area contributed by atoms with E-state index < -0.39 is 0 Å². The number of H-pyrrole nitrogens is 1. The molecule has 1 aliphatic rings. The second kappa shape index (κ2) is 10.9. The monoisotopic (exact) mass is 435 g/mol. The van der Waals surface area contributed by atoms with Gasteiger partial charge >= 0.3 is 0 Å². The summed E-state index contributed by atoms with van der Waals surface area (Å²) < 4.78 is 11.9. The number of hydrogen-bond donors (Lipinski definition) is 3. The highest BCUT2D eigenvalue weighted by Gasteiger charge is 2.20. The molecule has 0 saturated heterocycles. The molecule has 0 unspecified atom stereocenters. The van der Waals surface area contributed by atoms with Crippen LogP contribution in [-0.4, -0.2) is 42.7 Å². The Labute approximate surface area is 189 Å². The van der Waals surface area contributed by atoms with Crippen molar-refractivity contribution >= 4 is 17.0 Å². The molecule has 7 nitrogen and oxygen atoms in total. The molecule has 1 fully saturated rings. The zero-order valence-electron chi connectivity index (χ0n) is 19.0. The molecule has 1 heterocycles. The Balaban J connectivity index is 1.28. The summed E-state index contributed by atoms with van der Waals surface area (Å²) in [6.45, 7) is 1.42. The minimum Gasteiger partial charge on any atom is -0.493 e. The summed E-state index contributed by atoms with van der Waals surface area (Å²) >= 11 is 0. The van der Waals surface area contributed by atoms with E-state index in [0.29, 0.717) is 6.54 Å². The van der Waals surface area contributed by atoms with Crippen molar-refractivity contribution in [3.63, 3.8) is 0 Å². The van der Waals surface area contributed by atoms with E-state index in [1.54, 1.807) is 14.2 Å². The first-order valence-corrected chi connectivity index (χ1v) is 11.5. The Hall–Kier alpha value is -3.22. The molecule has 0 radical (unpaired) electrons. The lowest BCUT2D eigenvalue weighted by atomic mass is 10.1. The number of methoxy groups -OCH3 is 1. The van der Waals surface area contributed by atoms with Gasteiger partial charge in [0, 0.05) is 32.1 Å². The minimum absolute atomic E-state index is 0.278. The fraction of sp³-hybridized carbons (Fsp3) is 0.440. The number of hydrogen-bond acceptors (Lipinski definition) is 4. The average Bonchev–Trinajstić information content (AvgIpc) is 3.48. The molecule has 1 saturated carbocycles. The quantitative estimate of drug-likeness (QED) is 0.267. The lowest BCUT2D eigenvalue weighted by Gasteiger charge is -2.20. The Morgan fingerprint density at radius 3 is 2.75 bits per heavy atom. The predicted octanol–water partition coefficient (Wildman–Crippen LogP) is 4.19. The van der Waals surface area contributed by atoms with E-state index in [1.807, 2.05) is 30.3 Å². The van der Waals surface area contributed by atoms with Crippen LogP contribution in [0.1, 0.15) is 43.5 Å². The lowest BCUT2D eigenvalue weighted by molar-refractivity contribution is 0.198. The van der Waals surface area contributed by atoms with Crippen molar-refractivity contribution in [3.8, 4) is 11.5 Å². The van der Waals surface area contributed by atoms with Crippen LogP contribution in [0.3, 0.4) is 0 Å². The van der Waals surface area contributed by atoms with Crippen LogP contribution in [0.5, 0.6) is 11.5 Å². The van der Waals surface area contributed by atoms with Gasteiger partial charge in [-0.3, -0.25) is 4.99 Å². The van der Waals surface area contributed by atoms with E-state index in [4.69, 9.17) is 9.47 Å². The second-order valence-corrected chi connectivity index (χ2v) is 8.13. The number of benzene rings is 2. The molecule has 32 heavy (non-hydrogen) atoms. The highest BCUT2D eigenvalue weighted by atomic mass is 16.5. The summed E-state index contributed by atoms with van der Waals surface area (Å²) in [6, 6.07) is 14.2. The molecule has 0 atom stereocenters. The first kappa shape index (κ1) is 22.0. The molecular formula is C25H33N5O2. The largest absolute Gasteiger partial charge is 0.493 e. The predicted molar refractivity (Wildman–Crippen MR) is 128 cm³/mol. The fourth-order valence-electron chi connectivity index (χ4n) is 4.15. The maximum atomic E-state index is 6.33. The summed E-state index contributed by atoms with van der Waals surface area (Å²) in [4.78, 5) is 12.4. The number of guanidine groups is 1. The first-order valence-electron chi connectivity index (χ1n) is 11.5. The number of aryl methyl sites for hydroxylation is 1. The van der Waals surface area contributed by atoms with E-state index >= 15 is 0 Å². The summed E-state index contributed by atoms with van der Waals surface area (Å²) in [5.41, 5.74) is 3.17. The maximum Gasteiger partial charge on any atom is 0.191 e. The van der Waals surface area contributed by atoms with Crippen LogP contribution in [0.4, 0.5) is 0 Å². The van der Waals surface area contributed by atoms with Crippen molar-refractivity contribution in [2.45, 2.75) is 51.2 Å². The Morgan fingerprint density at radius 1 is 1.12 bits per heavy atom. The van der Waals surface area contributed by atoms with Gasteiger partial charge in [-0.05, 0) is 50.3 Å². The third-order valence-corrected chi connectivity index (χ3v) is 5.86. The van der Waals surface area contributed by atoms with Gasteiger partial charge in [0.25, 0.3) is 0 Å². The lowest BCUT2D eigenvalue weighted by Crippen LogP contribution is -2.37. The van der Waals surface area contributed by atoms with E-state index in [0.717, 1.165) is 72.1 Å². The van der Waals surface area contributed by atoms with Gasteiger partial charge in [-0.2, -0.15) is 0 Å². The molecule has 0 amide bonds. The van der Waals surface area contributed by atoms with Gasteiger partial charge in [0.2, 0.25) is 0 Å². The minimum atomic E-state index is 0.278. The van der Waals surface area contributed by atoms with Crippen molar-refractivity contribution in [1.82, 2.24) is 20.6 Å². The van der Waals surface area contributed by atoms with Crippen molar-refractivity contribution < 1.29 is 9.47 Å². The molecule has 170 valence electrons. The number of aromatic amines is 1. The third-order valence-electron chi connectivity index (χ3n) is 5.86. The van der Waals surface area contributed by atoms with Crippen LogP contribution in [0.15, 0.2) is 47.5 Å². The van der Waals surface area contributed by atoms with Crippen LogP contribution in [-0.2, 0) is 13.0 Å². The molecule has 1 aliphatic carbocycles. The molecule has 2 aromatic carbocycles. The van der Waals surface area contributed by atoms with E-state index in [1.165, 1.54) is 12.8 Å². The molecule has 0 spiro atoms. The molecule has 0 aliphatic heterocycles.